The molecule has 18 heavy (non-hydrogen) atoms. The molecule has 0 aliphatic carbocycles. The van der Waals surface area contributed by atoms with Crippen LogP contribution in [0.4, 0.5) is 0 Å². The molecule has 1 fully saturated rings. The van der Waals surface area contributed by atoms with Crippen molar-refractivity contribution in [3.8, 4) is 0 Å². The van der Waals surface area contributed by atoms with E-state index in [1.807, 2.05) is 10.8 Å². The third-order valence-corrected chi connectivity index (χ3v) is 3.63. The van der Waals surface area contributed by atoms with Crippen molar-refractivity contribution >= 4 is 5.97 Å². The zero-order valence-corrected chi connectivity index (χ0v) is 10.9. The lowest BCUT2D eigenvalue weighted by molar-refractivity contribution is -0.138. The Bertz CT molecular complexity index is 397. The SMILES string of the molecule is CCn1cncc1C(CC(=O)O)N1CCCCC1. The van der Waals surface area contributed by atoms with E-state index >= 15 is 0 Å². The van der Waals surface area contributed by atoms with E-state index in [9.17, 15) is 4.79 Å². The van der Waals surface area contributed by atoms with Crippen molar-refractivity contribution in [1.82, 2.24) is 14.5 Å². The molecule has 0 spiro atoms. The molecule has 0 aromatic carbocycles. The highest BCUT2D eigenvalue weighted by atomic mass is 16.4. The number of carboxylic acids is 1. The van der Waals surface area contributed by atoms with Crippen LogP contribution in [0.25, 0.3) is 0 Å². The van der Waals surface area contributed by atoms with Gasteiger partial charge in [-0.3, -0.25) is 9.69 Å². The van der Waals surface area contributed by atoms with Crippen molar-refractivity contribution in [3.05, 3.63) is 18.2 Å². The average Bonchev–Trinajstić information content (AvgIpc) is 2.85. The quantitative estimate of drug-likeness (QED) is 0.868. The summed E-state index contributed by atoms with van der Waals surface area (Å²) in [7, 11) is 0. The van der Waals surface area contributed by atoms with Gasteiger partial charge in [0.15, 0.2) is 0 Å². The topological polar surface area (TPSA) is 58.4 Å². The molecule has 1 unspecified atom stereocenters. The van der Waals surface area contributed by atoms with Crippen molar-refractivity contribution < 1.29 is 9.90 Å². The molecule has 1 saturated heterocycles. The summed E-state index contributed by atoms with van der Waals surface area (Å²) in [5.74, 6) is -0.741. The highest BCUT2D eigenvalue weighted by molar-refractivity contribution is 5.67. The van der Waals surface area contributed by atoms with Crippen molar-refractivity contribution in [2.24, 2.45) is 0 Å². The molecule has 1 atom stereocenters. The number of hydrogen-bond acceptors (Lipinski definition) is 3. The van der Waals surface area contributed by atoms with Gasteiger partial charge in [0.05, 0.1) is 24.5 Å². The number of aliphatic carboxylic acids is 1. The van der Waals surface area contributed by atoms with Gasteiger partial charge in [-0.2, -0.15) is 0 Å². The number of aryl methyl sites for hydroxylation is 1. The van der Waals surface area contributed by atoms with Gasteiger partial charge in [0.25, 0.3) is 0 Å². The maximum atomic E-state index is 11.1. The lowest BCUT2D eigenvalue weighted by Gasteiger charge is -2.34. The standard InChI is InChI=1S/C13H21N3O2/c1-2-15-10-14-9-12(15)11(8-13(17)18)16-6-4-3-5-7-16/h9-11H,2-8H2,1H3,(H,17,18). The normalized spacial score (nSPS) is 18.7. The van der Waals surface area contributed by atoms with Crippen LogP contribution in [0.15, 0.2) is 12.5 Å². The summed E-state index contributed by atoms with van der Waals surface area (Å²) < 4.78 is 2.04. The Kier molecular flexibility index (Phi) is 4.36. The smallest absolute Gasteiger partial charge is 0.305 e. The van der Waals surface area contributed by atoms with E-state index in [4.69, 9.17) is 5.11 Å². The van der Waals surface area contributed by atoms with Gasteiger partial charge in [-0.05, 0) is 32.9 Å². The Morgan fingerprint density at radius 2 is 2.17 bits per heavy atom. The first-order valence-electron chi connectivity index (χ1n) is 6.68. The molecule has 1 aromatic heterocycles. The van der Waals surface area contributed by atoms with Crippen LogP contribution >= 0.6 is 0 Å². The van der Waals surface area contributed by atoms with E-state index in [0.717, 1.165) is 38.2 Å². The number of rotatable bonds is 5. The maximum Gasteiger partial charge on any atom is 0.305 e. The molecule has 1 aliphatic heterocycles. The van der Waals surface area contributed by atoms with Crippen LogP contribution in [0.5, 0.6) is 0 Å². The number of aromatic nitrogens is 2. The van der Waals surface area contributed by atoms with Crippen LogP contribution < -0.4 is 0 Å². The van der Waals surface area contributed by atoms with Gasteiger partial charge >= 0.3 is 5.97 Å². The van der Waals surface area contributed by atoms with E-state index in [-0.39, 0.29) is 12.5 Å². The van der Waals surface area contributed by atoms with Crippen LogP contribution in [0, 0.1) is 0 Å². The van der Waals surface area contributed by atoms with Gasteiger partial charge < -0.3 is 9.67 Å². The van der Waals surface area contributed by atoms with Gasteiger partial charge in [0.1, 0.15) is 0 Å². The Labute approximate surface area is 107 Å². The second kappa shape index (κ2) is 6.00. The van der Waals surface area contributed by atoms with Crippen molar-refractivity contribution in [2.45, 2.75) is 45.2 Å². The van der Waals surface area contributed by atoms with Gasteiger partial charge in [-0.25, -0.2) is 4.98 Å². The first kappa shape index (κ1) is 13.1. The summed E-state index contributed by atoms with van der Waals surface area (Å²) in [5, 5.41) is 9.12. The number of imidazole rings is 1. The Balaban J connectivity index is 2.20. The van der Waals surface area contributed by atoms with E-state index in [1.165, 1.54) is 6.42 Å². The molecular weight excluding hydrogens is 230 g/mol. The molecule has 0 bridgehead atoms. The third-order valence-electron chi connectivity index (χ3n) is 3.63. The molecule has 0 amide bonds. The van der Waals surface area contributed by atoms with Gasteiger partial charge in [0, 0.05) is 12.7 Å². The average molecular weight is 251 g/mol. The molecular formula is C13H21N3O2. The van der Waals surface area contributed by atoms with Crippen molar-refractivity contribution in [2.75, 3.05) is 13.1 Å². The molecule has 1 aliphatic rings. The minimum absolute atomic E-state index is 0.0368. The monoisotopic (exact) mass is 251 g/mol. The summed E-state index contributed by atoms with van der Waals surface area (Å²) in [6, 6.07) is -0.0368. The fourth-order valence-electron chi connectivity index (χ4n) is 2.69. The first-order valence-corrected chi connectivity index (χ1v) is 6.68. The Morgan fingerprint density at radius 3 is 2.78 bits per heavy atom. The Morgan fingerprint density at radius 1 is 1.44 bits per heavy atom. The van der Waals surface area contributed by atoms with Crippen LogP contribution in [0.2, 0.25) is 0 Å². The van der Waals surface area contributed by atoms with E-state index in [2.05, 4.69) is 16.8 Å². The molecule has 1 N–H and O–H groups in total. The predicted molar refractivity (Wildman–Crippen MR) is 68.3 cm³/mol. The fraction of sp³-hybridized carbons (Fsp3) is 0.692. The summed E-state index contributed by atoms with van der Waals surface area (Å²) >= 11 is 0. The summed E-state index contributed by atoms with van der Waals surface area (Å²) in [4.78, 5) is 17.5. The number of carboxylic acid groups (broad SMARTS) is 1. The zero-order chi connectivity index (χ0) is 13.0. The molecule has 100 valence electrons. The van der Waals surface area contributed by atoms with E-state index in [0.29, 0.717) is 0 Å². The van der Waals surface area contributed by atoms with Crippen LogP contribution in [-0.2, 0) is 11.3 Å². The largest absolute Gasteiger partial charge is 0.481 e. The van der Waals surface area contributed by atoms with Crippen LogP contribution in [-0.4, -0.2) is 38.6 Å². The van der Waals surface area contributed by atoms with Gasteiger partial charge in [-0.1, -0.05) is 6.42 Å². The Hall–Kier alpha value is -1.36. The van der Waals surface area contributed by atoms with Gasteiger partial charge in [-0.15, -0.1) is 0 Å². The molecule has 5 nitrogen and oxygen atoms in total. The molecule has 0 radical (unpaired) electrons. The molecule has 1 aromatic rings. The molecule has 2 rings (SSSR count). The fourth-order valence-corrected chi connectivity index (χ4v) is 2.69. The number of likely N-dealkylation sites (tertiary alicyclic amines) is 1. The van der Waals surface area contributed by atoms with Crippen LogP contribution in [0.3, 0.4) is 0 Å². The second-order valence-corrected chi connectivity index (χ2v) is 4.81. The summed E-state index contributed by atoms with van der Waals surface area (Å²) in [5.41, 5.74) is 1.03. The number of hydrogen-bond donors (Lipinski definition) is 1. The number of nitrogens with zero attached hydrogens (tertiary/aromatic N) is 3. The molecule has 5 heteroatoms. The maximum absolute atomic E-state index is 11.1. The second-order valence-electron chi connectivity index (χ2n) is 4.81. The van der Waals surface area contributed by atoms with Gasteiger partial charge in [0.2, 0.25) is 0 Å². The first-order chi connectivity index (χ1) is 8.72. The predicted octanol–water partition coefficient (Wildman–Crippen LogP) is 1.90. The number of carbonyl (C=O) groups is 1. The van der Waals surface area contributed by atoms with Crippen molar-refractivity contribution in [3.63, 3.8) is 0 Å². The van der Waals surface area contributed by atoms with Crippen molar-refractivity contribution in [1.29, 1.82) is 0 Å². The molecule has 2 heterocycles. The lowest BCUT2D eigenvalue weighted by Crippen LogP contribution is -2.36. The minimum Gasteiger partial charge on any atom is -0.481 e. The van der Waals surface area contributed by atoms with E-state index in [1.54, 1.807) is 6.33 Å². The summed E-state index contributed by atoms with van der Waals surface area (Å²) in [6.45, 7) is 4.87. The third kappa shape index (κ3) is 2.90. The molecule has 0 saturated carbocycles. The zero-order valence-electron chi connectivity index (χ0n) is 10.9. The number of piperidine rings is 1. The summed E-state index contributed by atoms with van der Waals surface area (Å²) in [6.07, 6.45) is 7.33. The highest BCUT2D eigenvalue weighted by Gasteiger charge is 2.26. The lowest BCUT2D eigenvalue weighted by atomic mass is 10.0. The van der Waals surface area contributed by atoms with E-state index < -0.39 is 5.97 Å². The minimum atomic E-state index is -0.741. The van der Waals surface area contributed by atoms with Crippen LogP contribution in [0.1, 0.15) is 44.3 Å². The highest BCUT2D eigenvalue weighted by Crippen LogP contribution is 2.27.